The zero-order valence-electron chi connectivity index (χ0n) is 17.1. The zero-order valence-corrected chi connectivity index (χ0v) is 17.1. The minimum Gasteiger partial charge on any atom is -0.497 e. The van der Waals surface area contributed by atoms with Crippen LogP contribution < -0.4 is 4.74 Å². The van der Waals surface area contributed by atoms with Gasteiger partial charge in [0.05, 0.1) is 7.11 Å². The maximum absolute atomic E-state index is 12.6. The van der Waals surface area contributed by atoms with E-state index in [9.17, 15) is 9.59 Å². The molecule has 1 aromatic carbocycles. The number of benzene rings is 1. The molecule has 2 aliphatic rings. The van der Waals surface area contributed by atoms with Crippen molar-refractivity contribution < 1.29 is 18.7 Å². The van der Waals surface area contributed by atoms with E-state index in [1.807, 2.05) is 11.0 Å². The van der Waals surface area contributed by atoms with Gasteiger partial charge in [-0.25, -0.2) is 0 Å². The number of ether oxygens (including phenoxy) is 1. The summed E-state index contributed by atoms with van der Waals surface area (Å²) in [6, 6.07) is 11.2. The average molecular weight is 396 g/mol. The van der Waals surface area contributed by atoms with Crippen molar-refractivity contribution in [2.45, 2.75) is 32.1 Å². The fraction of sp³-hybridized carbons (Fsp3) is 0.478. The van der Waals surface area contributed by atoms with Crippen LogP contribution in [0, 0.1) is 5.92 Å². The Kier molecular flexibility index (Phi) is 5.60. The van der Waals surface area contributed by atoms with E-state index in [-0.39, 0.29) is 11.8 Å². The highest BCUT2D eigenvalue weighted by molar-refractivity contribution is 5.94. The number of carbonyl (C=O) groups excluding carboxylic acids is 2. The van der Waals surface area contributed by atoms with Crippen LogP contribution in [0.1, 0.15) is 47.6 Å². The highest BCUT2D eigenvalue weighted by Gasteiger charge is 2.36. The lowest BCUT2D eigenvalue weighted by Gasteiger charge is -2.35. The average Bonchev–Trinajstić information content (AvgIpc) is 3.31. The number of piperazine rings is 1. The summed E-state index contributed by atoms with van der Waals surface area (Å²) >= 11 is 0. The van der Waals surface area contributed by atoms with Gasteiger partial charge < -0.3 is 19.0 Å². The molecule has 2 aromatic rings. The number of rotatable bonds is 6. The van der Waals surface area contributed by atoms with Gasteiger partial charge in [-0.3, -0.25) is 9.59 Å². The predicted molar refractivity (Wildman–Crippen MR) is 109 cm³/mol. The first kappa shape index (κ1) is 19.6. The first-order chi connectivity index (χ1) is 14.0. The van der Waals surface area contributed by atoms with Crippen molar-refractivity contribution in [3.8, 4) is 5.75 Å². The van der Waals surface area contributed by atoms with Crippen molar-refractivity contribution in [1.29, 1.82) is 0 Å². The molecule has 1 saturated heterocycles. The second kappa shape index (κ2) is 8.31. The van der Waals surface area contributed by atoms with Crippen LogP contribution in [0.4, 0.5) is 0 Å². The number of aryl methyl sites for hydroxylation is 1. The van der Waals surface area contributed by atoms with Crippen LogP contribution in [0.15, 0.2) is 40.8 Å². The third-order valence-electron chi connectivity index (χ3n) is 6.00. The molecule has 2 amide bonds. The van der Waals surface area contributed by atoms with Crippen LogP contribution in [0.25, 0.3) is 0 Å². The first-order valence-corrected chi connectivity index (χ1v) is 10.3. The van der Waals surface area contributed by atoms with Crippen molar-refractivity contribution >= 4 is 11.8 Å². The molecule has 29 heavy (non-hydrogen) atoms. The van der Waals surface area contributed by atoms with Crippen LogP contribution in [-0.2, 0) is 11.2 Å². The van der Waals surface area contributed by atoms with Gasteiger partial charge >= 0.3 is 0 Å². The first-order valence-electron chi connectivity index (χ1n) is 10.3. The summed E-state index contributed by atoms with van der Waals surface area (Å²) in [4.78, 5) is 28.9. The second-order valence-corrected chi connectivity index (χ2v) is 8.03. The van der Waals surface area contributed by atoms with Gasteiger partial charge in [-0.2, -0.15) is 0 Å². The number of methoxy groups -OCH3 is 1. The quantitative estimate of drug-likeness (QED) is 0.751. The van der Waals surface area contributed by atoms with Gasteiger partial charge in [0.1, 0.15) is 17.3 Å². The van der Waals surface area contributed by atoms with Crippen LogP contribution in [0.3, 0.4) is 0 Å². The number of hydrogen-bond acceptors (Lipinski definition) is 4. The lowest BCUT2D eigenvalue weighted by molar-refractivity contribution is -0.132. The molecule has 4 rings (SSSR count). The third-order valence-corrected chi connectivity index (χ3v) is 6.00. The molecule has 2 unspecified atom stereocenters. The number of amides is 2. The van der Waals surface area contributed by atoms with Crippen LogP contribution >= 0.6 is 0 Å². The van der Waals surface area contributed by atoms with Crippen LogP contribution in [0.5, 0.6) is 5.75 Å². The fourth-order valence-corrected chi connectivity index (χ4v) is 3.91. The van der Waals surface area contributed by atoms with Gasteiger partial charge in [-0.05, 0) is 48.7 Å². The number of carbonyl (C=O) groups is 2. The van der Waals surface area contributed by atoms with E-state index in [0.29, 0.717) is 56.4 Å². The van der Waals surface area contributed by atoms with E-state index in [2.05, 4.69) is 13.0 Å². The van der Waals surface area contributed by atoms with E-state index in [0.717, 1.165) is 17.3 Å². The highest BCUT2D eigenvalue weighted by atomic mass is 16.5. The molecule has 6 heteroatoms. The Balaban J connectivity index is 1.23. The topological polar surface area (TPSA) is 63.0 Å². The Hall–Kier alpha value is -2.76. The van der Waals surface area contributed by atoms with Crippen molar-refractivity contribution in [3.63, 3.8) is 0 Å². The Morgan fingerprint density at radius 1 is 1.03 bits per heavy atom. The maximum atomic E-state index is 12.6. The smallest absolute Gasteiger partial charge is 0.253 e. The van der Waals surface area contributed by atoms with Crippen molar-refractivity contribution in [2.75, 3.05) is 33.3 Å². The summed E-state index contributed by atoms with van der Waals surface area (Å²) in [6.07, 6.45) is 2.27. The molecular formula is C23H28N2O4. The molecule has 0 bridgehead atoms. The van der Waals surface area contributed by atoms with Crippen LogP contribution in [-0.4, -0.2) is 54.9 Å². The fourth-order valence-electron chi connectivity index (χ4n) is 3.91. The molecule has 1 aliphatic heterocycles. The van der Waals surface area contributed by atoms with Crippen molar-refractivity contribution in [2.24, 2.45) is 5.92 Å². The van der Waals surface area contributed by atoms with E-state index in [1.54, 1.807) is 36.3 Å². The SMILES string of the molecule is COc1ccc(C(=O)N2CCN(C(=O)CCc3ccc(C4CC4C)o3)CC2)cc1. The molecule has 2 atom stereocenters. The monoisotopic (exact) mass is 396 g/mol. The summed E-state index contributed by atoms with van der Waals surface area (Å²) < 4.78 is 11.0. The van der Waals surface area contributed by atoms with Crippen molar-refractivity contribution in [1.82, 2.24) is 9.80 Å². The largest absolute Gasteiger partial charge is 0.497 e. The maximum Gasteiger partial charge on any atom is 0.253 e. The van der Waals surface area contributed by atoms with Gasteiger partial charge in [0.25, 0.3) is 5.91 Å². The lowest BCUT2D eigenvalue weighted by atomic mass is 10.1. The normalized spacial score (nSPS) is 21.2. The molecule has 0 spiro atoms. The van der Waals surface area contributed by atoms with Gasteiger partial charge in [0, 0.05) is 50.5 Å². The van der Waals surface area contributed by atoms with Gasteiger partial charge in [0.2, 0.25) is 5.91 Å². The molecule has 0 N–H and O–H groups in total. The lowest BCUT2D eigenvalue weighted by Crippen LogP contribution is -2.50. The number of nitrogens with zero attached hydrogens (tertiary/aromatic N) is 2. The summed E-state index contributed by atoms with van der Waals surface area (Å²) in [6.45, 7) is 4.49. The summed E-state index contributed by atoms with van der Waals surface area (Å²) in [5, 5.41) is 0. The Bertz CT molecular complexity index is 865. The molecule has 2 heterocycles. The molecule has 2 fully saturated rings. The highest BCUT2D eigenvalue weighted by Crippen LogP contribution is 2.47. The standard InChI is InChI=1S/C23H28N2O4/c1-16-15-20(16)21-9-7-19(29-21)8-10-22(26)24-11-13-25(14-12-24)23(27)17-3-5-18(28-2)6-4-17/h3-7,9,16,20H,8,10-15H2,1-2H3. The molecular weight excluding hydrogens is 368 g/mol. The Labute approximate surface area is 171 Å². The molecule has 0 radical (unpaired) electrons. The number of hydrogen-bond donors (Lipinski definition) is 0. The molecule has 1 aromatic heterocycles. The van der Waals surface area contributed by atoms with Crippen LogP contribution in [0.2, 0.25) is 0 Å². The molecule has 154 valence electrons. The Morgan fingerprint density at radius 3 is 2.31 bits per heavy atom. The van der Waals surface area contributed by atoms with E-state index in [1.165, 1.54) is 6.42 Å². The summed E-state index contributed by atoms with van der Waals surface area (Å²) in [5.74, 6) is 4.08. The minimum absolute atomic E-state index is 0.00262. The van der Waals surface area contributed by atoms with Gasteiger partial charge in [0.15, 0.2) is 0 Å². The molecule has 1 saturated carbocycles. The van der Waals surface area contributed by atoms with E-state index in [4.69, 9.17) is 9.15 Å². The summed E-state index contributed by atoms with van der Waals surface area (Å²) in [7, 11) is 1.60. The number of furan rings is 1. The van der Waals surface area contributed by atoms with E-state index >= 15 is 0 Å². The van der Waals surface area contributed by atoms with Gasteiger partial charge in [-0.15, -0.1) is 0 Å². The predicted octanol–water partition coefficient (Wildman–Crippen LogP) is 3.33. The van der Waals surface area contributed by atoms with Gasteiger partial charge in [-0.1, -0.05) is 6.92 Å². The van der Waals surface area contributed by atoms with Crippen molar-refractivity contribution in [3.05, 3.63) is 53.5 Å². The Morgan fingerprint density at radius 2 is 1.69 bits per heavy atom. The third kappa shape index (κ3) is 4.47. The minimum atomic E-state index is -0.00262. The van der Waals surface area contributed by atoms with E-state index < -0.39 is 0 Å². The molecule has 6 nitrogen and oxygen atoms in total. The second-order valence-electron chi connectivity index (χ2n) is 8.03. The zero-order chi connectivity index (χ0) is 20.4. The summed E-state index contributed by atoms with van der Waals surface area (Å²) in [5.41, 5.74) is 0.643. The molecule has 1 aliphatic carbocycles.